The number of anilines is 1. The fourth-order valence-electron chi connectivity index (χ4n) is 2.68. The number of piperidine rings is 1. The Morgan fingerprint density at radius 3 is 2.57 bits per heavy atom. The van der Waals surface area contributed by atoms with Crippen LogP contribution in [0.5, 0.6) is 0 Å². The zero-order valence-corrected chi connectivity index (χ0v) is 13.5. The number of hydrogen-bond donors (Lipinski definition) is 1. The van der Waals surface area contributed by atoms with E-state index in [-0.39, 0.29) is 5.56 Å². The van der Waals surface area contributed by atoms with Crippen molar-refractivity contribution in [2.24, 2.45) is 5.92 Å². The number of nitrogens with one attached hydrogen (secondary N) is 1. The van der Waals surface area contributed by atoms with Crippen molar-refractivity contribution in [1.82, 2.24) is 15.1 Å². The molecule has 1 aromatic heterocycles. The molecule has 2 rings (SSSR count). The van der Waals surface area contributed by atoms with Crippen molar-refractivity contribution in [2.45, 2.75) is 52.6 Å². The smallest absolute Gasteiger partial charge is 0.268 e. The molecule has 21 heavy (non-hydrogen) atoms. The van der Waals surface area contributed by atoms with Gasteiger partial charge in [-0.2, -0.15) is 5.10 Å². The second kappa shape index (κ2) is 7.59. The zero-order chi connectivity index (χ0) is 15.2. The van der Waals surface area contributed by atoms with Gasteiger partial charge < -0.3 is 10.2 Å². The molecule has 1 fully saturated rings. The van der Waals surface area contributed by atoms with Gasteiger partial charge in [-0.1, -0.05) is 20.8 Å². The second-order valence-corrected chi connectivity index (χ2v) is 6.45. The lowest BCUT2D eigenvalue weighted by molar-refractivity contribution is 0.396. The summed E-state index contributed by atoms with van der Waals surface area (Å²) < 4.78 is 1.58. The van der Waals surface area contributed by atoms with E-state index < -0.39 is 0 Å². The van der Waals surface area contributed by atoms with E-state index in [0.717, 1.165) is 25.3 Å². The van der Waals surface area contributed by atoms with Crippen LogP contribution in [0.3, 0.4) is 0 Å². The molecule has 1 saturated heterocycles. The van der Waals surface area contributed by atoms with Crippen molar-refractivity contribution in [1.29, 1.82) is 0 Å². The van der Waals surface area contributed by atoms with Gasteiger partial charge in [-0.3, -0.25) is 4.79 Å². The highest BCUT2D eigenvalue weighted by molar-refractivity contribution is 5.43. The minimum atomic E-state index is 0.00877. The summed E-state index contributed by atoms with van der Waals surface area (Å²) in [4.78, 5) is 14.5. The van der Waals surface area contributed by atoms with Crippen molar-refractivity contribution in [3.05, 3.63) is 22.6 Å². The third kappa shape index (κ3) is 4.84. The van der Waals surface area contributed by atoms with Gasteiger partial charge in [0.15, 0.2) is 0 Å². The first kappa shape index (κ1) is 16.0. The quantitative estimate of drug-likeness (QED) is 0.869. The van der Waals surface area contributed by atoms with Gasteiger partial charge in [-0.05, 0) is 31.7 Å². The summed E-state index contributed by atoms with van der Waals surface area (Å²) in [5, 5.41) is 7.75. The second-order valence-electron chi connectivity index (χ2n) is 6.45. The molecule has 0 aliphatic carbocycles. The SMILES string of the molecule is CC(CNC(C)C)Cn1ncc(N2CCCCC2)cc1=O. The Morgan fingerprint density at radius 1 is 1.24 bits per heavy atom. The molecule has 1 unspecified atom stereocenters. The van der Waals surface area contributed by atoms with E-state index in [1.54, 1.807) is 10.7 Å². The summed E-state index contributed by atoms with van der Waals surface area (Å²) in [5.74, 6) is 0.387. The highest BCUT2D eigenvalue weighted by Crippen LogP contribution is 2.16. The van der Waals surface area contributed by atoms with Crippen LogP contribution in [-0.2, 0) is 6.54 Å². The average Bonchev–Trinajstić information content (AvgIpc) is 2.48. The van der Waals surface area contributed by atoms with Crippen molar-refractivity contribution in [3.8, 4) is 0 Å². The van der Waals surface area contributed by atoms with Crippen LogP contribution in [0.15, 0.2) is 17.1 Å². The molecule has 1 N–H and O–H groups in total. The summed E-state index contributed by atoms with van der Waals surface area (Å²) in [7, 11) is 0. The molecule has 0 aromatic carbocycles. The van der Waals surface area contributed by atoms with Gasteiger partial charge >= 0.3 is 0 Å². The number of nitrogens with zero attached hydrogens (tertiary/aromatic N) is 3. The summed E-state index contributed by atoms with van der Waals surface area (Å²) >= 11 is 0. The fourth-order valence-corrected chi connectivity index (χ4v) is 2.68. The van der Waals surface area contributed by atoms with Crippen LogP contribution in [0, 0.1) is 5.92 Å². The van der Waals surface area contributed by atoms with Gasteiger partial charge in [0.1, 0.15) is 0 Å². The summed E-state index contributed by atoms with van der Waals surface area (Å²) in [5.41, 5.74) is 0.985. The molecule has 0 saturated carbocycles. The van der Waals surface area contributed by atoms with E-state index in [9.17, 15) is 4.79 Å². The third-order valence-electron chi connectivity index (χ3n) is 3.94. The maximum absolute atomic E-state index is 12.2. The molecule has 1 aliphatic rings. The highest BCUT2D eigenvalue weighted by atomic mass is 16.1. The van der Waals surface area contributed by atoms with Crippen LogP contribution in [0.25, 0.3) is 0 Å². The van der Waals surface area contributed by atoms with Crippen LogP contribution in [0.4, 0.5) is 5.69 Å². The molecule has 0 radical (unpaired) electrons. The first-order chi connectivity index (χ1) is 10.1. The highest BCUT2D eigenvalue weighted by Gasteiger charge is 2.13. The lowest BCUT2D eigenvalue weighted by Gasteiger charge is -2.28. The summed E-state index contributed by atoms with van der Waals surface area (Å²) in [6, 6.07) is 2.21. The molecule has 5 nitrogen and oxygen atoms in total. The molecule has 5 heteroatoms. The molecule has 1 aromatic rings. The van der Waals surface area contributed by atoms with Crippen molar-refractivity contribution >= 4 is 5.69 Å². The van der Waals surface area contributed by atoms with Crippen LogP contribution >= 0.6 is 0 Å². The molecule has 0 amide bonds. The van der Waals surface area contributed by atoms with Gasteiger partial charge in [-0.25, -0.2) is 4.68 Å². The molecular formula is C16H28N4O. The van der Waals surface area contributed by atoms with E-state index in [0.29, 0.717) is 18.5 Å². The first-order valence-electron chi connectivity index (χ1n) is 8.12. The fraction of sp³-hybridized carbons (Fsp3) is 0.750. The normalized spacial score (nSPS) is 17.2. The molecular weight excluding hydrogens is 264 g/mol. The minimum Gasteiger partial charge on any atom is -0.370 e. The topological polar surface area (TPSA) is 50.2 Å². The standard InChI is InChI=1S/C16H28N4O/c1-13(2)17-10-14(3)12-20-16(21)9-15(11-18-20)19-7-5-4-6-8-19/h9,11,13-14,17H,4-8,10,12H2,1-3H3. The lowest BCUT2D eigenvalue weighted by Crippen LogP contribution is -2.34. The van der Waals surface area contributed by atoms with E-state index in [1.165, 1.54) is 19.3 Å². The summed E-state index contributed by atoms with van der Waals surface area (Å²) in [6.07, 6.45) is 5.55. The Hall–Kier alpha value is -1.36. The molecule has 0 spiro atoms. The molecule has 1 aliphatic heterocycles. The Kier molecular flexibility index (Phi) is 5.79. The maximum atomic E-state index is 12.2. The minimum absolute atomic E-state index is 0.00877. The van der Waals surface area contributed by atoms with Crippen molar-refractivity contribution in [2.75, 3.05) is 24.5 Å². The Balaban J connectivity index is 1.97. The predicted octanol–water partition coefficient (Wildman–Crippen LogP) is 1.87. The van der Waals surface area contributed by atoms with Gasteiger partial charge in [0, 0.05) is 31.7 Å². The number of rotatable bonds is 6. The molecule has 0 bridgehead atoms. The molecule has 1 atom stereocenters. The maximum Gasteiger partial charge on any atom is 0.268 e. The van der Waals surface area contributed by atoms with E-state index in [4.69, 9.17) is 0 Å². The Bertz CT molecular complexity index is 491. The first-order valence-corrected chi connectivity index (χ1v) is 8.12. The molecule has 2 heterocycles. The van der Waals surface area contributed by atoms with E-state index in [1.807, 2.05) is 6.20 Å². The van der Waals surface area contributed by atoms with Crippen LogP contribution in [0.2, 0.25) is 0 Å². The average molecular weight is 292 g/mol. The Morgan fingerprint density at radius 2 is 1.95 bits per heavy atom. The predicted molar refractivity (Wildman–Crippen MR) is 86.9 cm³/mol. The Labute approximate surface area is 127 Å². The van der Waals surface area contributed by atoms with Gasteiger partial charge in [0.05, 0.1) is 11.9 Å². The van der Waals surface area contributed by atoms with Crippen LogP contribution in [0.1, 0.15) is 40.0 Å². The van der Waals surface area contributed by atoms with E-state index >= 15 is 0 Å². The van der Waals surface area contributed by atoms with Gasteiger partial charge in [0.2, 0.25) is 0 Å². The monoisotopic (exact) mass is 292 g/mol. The largest absolute Gasteiger partial charge is 0.370 e. The van der Waals surface area contributed by atoms with Gasteiger partial charge in [0.25, 0.3) is 5.56 Å². The van der Waals surface area contributed by atoms with Crippen molar-refractivity contribution in [3.63, 3.8) is 0 Å². The number of hydrogen-bond acceptors (Lipinski definition) is 4. The van der Waals surface area contributed by atoms with Crippen LogP contribution < -0.4 is 15.8 Å². The van der Waals surface area contributed by atoms with Crippen LogP contribution in [-0.4, -0.2) is 35.5 Å². The molecule has 118 valence electrons. The third-order valence-corrected chi connectivity index (χ3v) is 3.94. The summed E-state index contributed by atoms with van der Waals surface area (Å²) in [6.45, 7) is 10.1. The lowest BCUT2D eigenvalue weighted by atomic mass is 10.1. The van der Waals surface area contributed by atoms with Gasteiger partial charge in [-0.15, -0.1) is 0 Å². The van der Waals surface area contributed by atoms with Crippen molar-refractivity contribution < 1.29 is 0 Å². The number of aromatic nitrogens is 2. The van der Waals surface area contributed by atoms with E-state index in [2.05, 4.69) is 36.1 Å². The zero-order valence-electron chi connectivity index (χ0n) is 13.5.